The van der Waals surface area contributed by atoms with Crippen LogP contribution in [0.25, 0.3) is 5.65 Å². The van der Waals surface area contributed by atoms with Crippen LogP contribution >= 0.6 is 24.0 Å². The molecule has 2 aromatic heterocycles. The lowest BCUT2D eigenvalue weighted by Crippen LogP contribution is -2.41. The minimum absolute atomic E-state index is 0. The summed E-state index contributed by atoms with van der Waals surface area (Å²) in [6, 6.07) is 6.10. The van der Waals surface area contributed by atoms with Crippen LogP contribution in [0.4, 0.5) is 0 Å². The maximum Gasteiger partial charge on any atom is 0.193 e. The highest BCUT2D eigenvalue weighted by atomic mass is 127. The van der Waals surface area contributed by atoms with Crippen molar-refractivity contribution < 1.29 is 0 Å². The van der Waals surface area contributed by atoms with Crippen molar-refractivity contribution >= 4 is 35.6 Å². The summed E-state index contributed by atoms with van der Waals surface area (Å²) >= 11 is 0. The molecule has 1 aliphatic carbocycles. The largest absolute Gasteiger partial charge is 0.356 e. The molecule has 136 valence electrons. The molecule has 1 saturated heterocycles. The van der Waals surface area contributed by atoms with Gasteiger partial charge in [-0.3, -0.25) is 4.99 Å². The first kappa shape index (κ1) is 18.5. The maximum absolute atomic E-state index is 4.66. The number of pyridine rings is 1. The molecule has 1 saturated carbocycles. The number of likely N-dealkylation sites (tertiary alicyclic amines) is 1. The van der Waals surface area contributed by atoms with Gasteiger partial charge in [-0.05, 0) is 36.8 Å². The van der Waals surface area contributed by atoms with E-state index in [2.05, 4.69) is 30.8 Å². The zero-order valence-electron chi connectivity index (χ0n) is 14.9. The third-order valence-electron chi connectivity index (χ3n) is 5.69. The molecule has 0 aromatic carbocycles. The second-order valence-electron chi connectivity index (χ2n) is 7.30. The molecule has 1 aliphatic heterocycles. The molecule has 4 rings (SSSR count). The first-order valence-corrected chi connectivity index (χ1v) is 9.16. The second-order valence-corrected chi connectivity index (χ2v) is 7.30. The lowest BCUT2D eigenvalue weighted by atomic mass is 9.86. The van der Waals surface area contributed by atoms with Crippen LogP contribution in [0.5, 0.6) is 0 Å². The van der Waals surface area contributed by atoms with Crippen molar-refractivity contribution in [3.8, 4) is 0 Å². The maximum atomic E-state index is 4.66. The van der Waals surface area contributed by atoms with Crippen LogP contribution in [0, 0.1) is 5.41 Å². The fourth-order valence-corrected chi connectivity index (χ4v) is 4.39. The van der Waals surface area contributed by atoms with Crippen LogP contribution in [-0.2, 0) is 6.42 Å². The first-order valence-electron chi connectivity index (χ1n) is 9.16. The second kappa shape index (κ2) is 7.93. The molecular weight excluding hydrogens is 425 g/mol. The Bertz CT molecular complexity index is 699. The number of hydrogen-bond acceptors (Lipinski definition) is 2. The normalized spacial score (nSPS) is 19.6. The summed E-state index contributed by atoms with van der Waals surface area (Å²) in [6.07, 6.45) is 12.0. The van der Waals surface area contributed by atoms with E-state index >= 15 is 0 Å². The number of halogens is 1. The molecule has 2 fully saturated rings. The molecule has 1 spiro atoms. The van der Waals surface area contributed by atoms with Gasteiger partial charge in [0, 0.05) is 45.5 Å². The Morgan fingerprint density at radius 1 is 1.28 bits per heavy atom. The van der Waals surface area contributed by atoms with Crippen LogP contribution < -0.4 is 5.32 Å². The molecule has 6 heteroatoms. The van der Waals surface area contributed by atoms with Gasteiger partial charge in [0.2, 0.25) is 0 Å². The monoisotopic (exact) mass is 453 g/mol. The number of nitrogens with zero attached hydrogens (tertiary/aromatic N) is 4. The van der Waals surface area contributed by atoms with Gasteiger partial charge in [0.1, 0.15) is 5.65 Å². The van der Waals surface area contributed by atoms with E-state index in [1.807, 2.05) is 31.4 Å². The van der Waals surface area contributed by atoms with Gasteiger partial charge in [-0.2, -0.15) is 0 Å². The topological polar surface area (TPSA) is 44.9 Å². The standard InChI is InChI=1S/C19H27N5.HI/c1-20-18(24-13-10-19(15-24)8-3-4-9-19)21-11-7-16-14-23-12-5-2-6-17(23)22-16;/h2,5-6,12,14H,3-4,7-11,13,15H2,1H3,(H,20,21);1H. The van der Waals surface area contributed by atoms with Crippen LogP contribution in [0.3, 0.4) is 0 Å². The molecule has 2 aromatic rings. The number of rotatable bonds is 3. The number of guanidine groups is 1. The van der Waals surface area contributed by atoms with Gasteiger partial charge in [0.05, 0.1) is 5.69 Å². The van der Waals surface area contributed by atoms with Gasteiger partial charge >= 0.3 is 0 Å². The third-order valence-corrected chi connectivity index (χ3v) is 5.69. The zero-order chi connectivity index (χ0) is 16.4. The summed E-state index contributed by atoms with van der Waals surface area (Å²) in [7, 11) is 1.90. The minimum atomic E-state index is 0. The molecule has 2 aliphatic rings. The predicted octanol–water partition coefficient (Wildman–Crippen LogP) is 3.34. The molecule has 0 unspecified atom stereocenters. The average molecular weight is 453 g/mol. The molecular formula is C19H28IN5. The van der Waals surface area contributed by atoms with Gasteiger partial charge in [0.25, 0.3) is 0 Å². The molecule has 0 bridgehead atoms. The third kappa shape index (κ3) is 3.93. The van der Waals surface area contributed by atoms with Crippen molar-refractivity contribution in [2.75, 3.05) is 26.7 Å². The van der Waals surface area contributed by atoms with Crippen molar-refractivity contribution in [2.45, 2.75) is 38.5 Å². The number of hydrogen-bond donors (Lipinski definition) is 1. The summed E-state index contributed by atoms with van der Waals surface area (Å²) in [5.74, 6) is 1.06. The van der Waals surface area contributed by atoms with Crippen molar-refractivity contribution in [3.63, 3.8) is 0 Å². The van der Waals surface area contributed by atoms with Crippen LogP contribution in [0.15, 0.2) is 35.6 Å². The molecule has 25 heavy (non-hydrogen) atoms. The highest BCUT2D eigenvalue weighted by Gasteiger charge is 2.40. The van der Waals surface area contributed by atoms with Crippen molar-refractivity contribution in [2.24, 2.45) is 10.4 Å². The van der Waals surface area contributed by atoms with Gasteiger partial charge in [-0.15, -0.1) is 24.0 Å². The Kier molecular flexibility index (Phi) is 5.86. The molecule has 1 N–H and O–H groups in total. The highest BCUT2D eigenvalue weighted by molar-refractivity contribution is 14.0. The molecule has 0 amide bonds. The Morgan fingerprint density at radius 3 is 2.88 bits per heavy atom. The summed E-state index contributed by atoms with van der Waals surface area (Å²) in [4.78, 5) is 11.6. The summed E-state index contributed by atoms with van der Waals surface area (Å²) < 4.78 is 2.08. The Balaban J connectivity index is 0.00000182. The van der Waals surface area contributed by atoms with E-state index in [1.165, 1.54) is 38.6 Å². The number of aromatic nitrogens is 2. The number of fused-ring (bicyclic) bond motifs is 1. The van der Waals surface area contributed by atoms with Crippen LogP contribution in [0.2, 0.25) is 0 Å². The lowest BCUT2D eigenvalue weighted by molar-refractivity contribution is 0.309. The lowest BCUT2D eigenvalue weighted by Gasteiger charge is -2.25. The minimum Gasteiger partial charge on any atom is -0.356 e. The van der Waals surface area contributed by atoms with E-state index in [0.29, 0.717) is 5.41 Å². The van der Waals surface area contributed by atoms with Gasteiger partial charge in [-0.25, -0.2) is 4.98 Å². The fourth-order valence-electron chi connectivity index (χ4n) is 4.39. The molecule has 3 heterocycles. The van der Waals surface area contributed by atoms with E-state index < -0.39 is 0 Å². The molecule has 0 radical (unpaired) electrons. The van der Waals surface area contributed by atoms with Crippen LogP contribution in [-0.4, -0.2) is 46.9 Å². The Morgan fingerprint density at radius 2 is 2.12 bits per heavy atom. The summed E-state index contributed by atoms with van der Waals surface area (Å²) in [5.41, 5.74) is 2.72. The first-order chi connectivity index (χ1) is 11.8. The van der Waals surface area contributed by atoms with E-state index in [9.17, 15) is 0 Å². The highest BCUT2D eigenvalue weighted by Crippen LogP contribution is 2.45. The quantitative estimate of drug-likeness (QED) is 0.441. The average Bonchev–Trinajstić information content (AvgIpc) is 3.32. The van der Waals surface area contributed by atoms with Gasteiger partial charge in [0.15, 0.2) is 5.96 Å². The Labute approximate surface area is 166 Å². The molecule has 0 atom stereocenters. The van der Waals surface area contributed by atoms with E-state index in [-0.39, 0.29) is 24.0 Å². The predicted molar refractivity (Wildman–Crippen MR) is 113 cm³/mol. The van der Waals surface area contributed by atoms with E-state index in [4.69, 9.17) is 0 Å². The summed E-state index contributed by atoms with van der Waals surface area (Å²) in [5, 5.41) is 3.54. The van der Waals surface area contributed by atoms with Gasteiger partial charge in [-0.1, -0.05) is 18.9 Å². The molecule has 5 nitrogen and oxygen atoms in total. The van der Waals surface area contributed by atoms with Gasteiger partial charge < -0.3 is 14.6 Å². The van der Waals surface area contributed by atoms with Crippen molar-refractivity contribution in [1.82, 2.24) is 19.6 Å². The number of imidazole rings is 1. The van der Waals surface area contributed by atoms with Crippen LogP contribution in [0.1, 0.15) is 37.8 Å². The number of nitrogens with one attached hydrogen (secondary N) is 1. The van der Waals surface area contributed by atoms with E-state index in [1.54, 1.807) is 0 Å². The van der Waals surface area contributed by atoms with E-state index in [0.717, 1.165) is 36.8 Å². The smallest absolute Gasteiger partial charge is 0.193 e. The Hall–Kier alpha value is -1.31. The fraction of sp³-hybridized carbons (Fsp3) is 0.579. The SMILES string of the molecule is CN=C(NCCc1cn2ccccc2n1)N1CCC2(CCCC2)C1.I. The zero-order valence-corrected chi connectivity index (χ0v) is 17.3. The summed E-state index contributed by atoms with van der Waals surface area (Å²) in [6.45, 7) is 3.20. The van der Waals surface area contributed by atoms with Crippen molar-refractivity contribution in [3.05, 3.63) is 36.3 Å². The number of aliphatic imine (C=N–C) groups is 1. The van der Waals surface area contributed by atoms with Crippen molar-refractivity contribution in [1.29, 1.82) is 0 Å².